The lowest BCUT2D eigenvalue weighted by atomic mass is 10.1. The maximum Gasteiger partial charge on any atom is 0.338 e. The third-order valence-corrected chi connectivity index (χ3v) is 3.63. The minimum Gasteiger partial charge on any atom is -0.478 e. The first kappa shape index (κ1) is 13.4. The fraction of sp³-hybridized carbons (Fsp3) is 0.250. The standard InChI is InChI=1S/C16H15NO4/c18-15-7-3-5-11-4-1-2-6-14(11)17(15)9-13-8-12(10-21-13)16(19)20/h1-2,4,6,8,10H,3,5,7,9H2,(H,19,20). The predicted molar refractivity (Wildman–Crippen MR) is 76.2 cm³/mol. The molecule has 1 aromatic heterocycles. The number of hydrogen-bond acceptors (Lipinski definition) is 3. The summed E-state index contributed by atoms with van der Waals surface area (Å²) in [4.78, 5) is 24.8. The van der Waals surface area contributed by atoms with Crippen LogP contribution in [-0.4, -0.2) is 17.0 Å². The monoisotopic (exact) mass is 285 g/mol. The number of hydrogen-bond donors (Lipinski definition) is 1. The Balaban J connectivity index is 1.91. The lowest BCUT2D eigenvalue weighted by Crippen LogP contribution is -2.29. The summed E-state index contributed by atoms with van der Waals surface area (Å²) in [6.07, 6.45) is 3.38. The lowest BCUT2D eigenvalue weighted by molar-refractivity contribution is -0.118. The van der Waals surface area contributed by atoms with Gasteiger partial charge in [-0.3, -0.25) is 4.79 Å². The molecule has 0 aliphatic carbocycles. The van der Waals surface area contributed by atoms with Crippen LogP contribution < -0.4 is 4.90 Å². The van der Waals surface area contributed by atoms with Crippen molar-refractivity contribution in [3.63, 3.8) is 0 Å². The number of amides is 1. The molecule has 2 heterocycles. The van der Waals surface area contributed by atoms with E-state index in [1.807, 2.05) is 24.3 Å². The summed E-state index contributed by atoms with van der Waals surface area (Å²) in [7, 11) is 0. The van der Waals surface area contributed by atoms with Crippen LogP contribution in [0.5, 0.6) is 0 Å². The van der Waals surface area contributed by atoms with Crippen molar-refractivity contribution in [2.45, 2.75) is 25.8 Å². The summed E-state index contributed by atoms with van der Waals surface area (Å²) in [5.41, 5.74) is 2.11. The molecule has 21 heavy (non-hydrogen) atoms. The molecule has 0 bridgehead atoms. The Kier molecular flexibility index (Phi) is 3.48. The van der Waals surface area contributed by atoms with Gasteiger partial charge in [-0.15, -0.1) is 0 Å². The highest BCUT2D eigenvalue weighted by molar-refractivity contribution is 5.94. The second kappa shape index (κ2) is 5.44. The molecule has 1 aromatic carbocycles. The highest BCUT2D eigenvalue weighted by Gasteiger charge is 2.23. The number of anilines is 1. The predicted octanol–water partition coefficient (Wildman–Crippen LogP) is 2.85. The van der Waals surface area contributed by atoms with Gasteiger partial charge in [-0.25, -0.2) is 4.79 Å². The quantitative estimate of drug-likeness (QED) is 0.941. The van der Waals surface area contributed by atoms with Gasteiger partial charge < -0.3 is 14.4 Å². The summed E-state index contributed by atoms with van der Waals surface area (Å²) < 4.78 is 5.26. The maximum atomic E-state index is 12.3. The second-order valence-electron chi connectivity index (χ2n) is 5.07. The van der Waals surface area contributed by atoms with E-state index in [-0.39, 0.29) is 18.0 Å². The average Bonchev–Trinajstić information content (AvgIpc) is 2.88. The number of carbonyl (C=O) groups is 2. The zero-order valence-electron chi connectivity index (χ0n) is 11.4. The molecule has 0 radical (unpaired) electrons. The molecule has 0 spiro atoms. The van der Waals surface area contributed by atoms with Crippen LogP contribution in [0.3, 0.4) is 0 Å². The zero-order valence-corrected chi connectivity index (χ0v) is 11.4. The van der Waals surface area contributed by atoms with E-state index in [0.29, 0.717) is 12.2 Å². The lowest BCUT2D eigenvalue weighted by Gasteiger charge is -2.21. The molecule has 0 saturated heterocycles. The normalized spacial score (nSPS) is 14.7. The summed E-state index contributed by atoms with van der Waals surface area (Å²) in [6.45, 7) is 0.253. The smallest absolute Gasteiger partial charge is 0.338 e. The summed E-state index contributed by atoms with van der Waals surface area (Å²) in [5.74, 6) is -0.529. The third kappa shape index (κ3) is 2.67. The van der Waals surface area contributed by atoms with Crippen LogP contribution in [-0.2, 0) is 17.8 Å². The highest BCUT2D eigenvalue weighted by Crippen LogP contribution is 2.28. The van der Waals surface area contributed by atoms with Crippen LogP contribution in [0.4, 0.5) is 5.69 Å². The number of benzene rings is 1. The Labute approximate surface area is 121 Å². The highest BCUT2D eigenvalue weighted by atomic mass is 16.4. The van der Waals surface area contributed by atoms with Gasteiger partial charge in [-0.2, -0.15) is 0 Å². The van der Waals surface area contributed by atoms with Gasteiger partial charge in [0.25, 0.3) is 0 Å². The van der Waals surface area contributed by atoms with Gasteiger partial charge in [0.1, 0.15) is 12.0 Å². The van der Waals surface area contributed by atoms with Gasteiger partial charge >= 0.3 is 5.97 Å². The van der Waals surface area contributed by atoms with Crippen molar-refractivity contribution in [1.82, 2.24) is 0 Å². The van der Waals surface area contributed by atoms with Gasteiger partial charge in [0.05, 0.1) is 12.1 Å². The molecule has 108 valence electrons. The second-order valence-corrected chi connectivity index (χ2v) is 5.07. The largest absolute Gasteiger partial charge is 0.478 e. The fourth-order valence-electron chi connectivity index (χ4n) is 2.59. The van der Waals surface area contributed by atoms with Crippen LogP contribution in [0, 0.1) is 0 Å². The molecule has 0 fully saturated rings. The minimum atomic E-state index is -1.03. The van der Waals surface area contributed by atoms with Crippen LogP contribution in [0.15, 0.2) is 41.0 Å². The SMILES string of the molecule is O=C(O)c1coc(CN2C(=O)CCCc3ccccc32)c1. The van der Waals surface area contributed by atoms with E-state index in [0.717, 1.165) is 24.1 Å². The fourth-order valence-corrected chi connectivity index (χ4v) is 2.59. The Bertz CT molecular complexity index is 689. The van der Waals surface area contributed by atoms with Crippen LogP contribution in [0.2, 0.25) is 0 Å². The topological polar surface area (TPSA) is 70.8 Å². The number of aryl methyl sites for hydroxylation is 1. The van der Waals surface area contributed by atoms with Gasteiger partial charge in [0, 0.05) is 12.1 Å². The number of carboxylic acids is 1. The molecule has 0 saturated carbocycles. The van der Waals surface area contributed by atoms with Crippen molar-refractivity contribution in [3.8, 4) is 0 Å². The molecule has 1 amide bonds. The molecule has 0 atom stereocenters. The number of nitrogens with zero attached hydrogens (tertiary/aromatic N) is 1. The van der Waals surface area contributed by atoms with Crippen LogP contribution in [0.1, 0.15) is 34.5 Å². The zero-order chi connectivity index (χ0) is 14.8. The van der Waals surface area contributed by atoms with Gasteiger partial charge in [0.2, 0.25) is 5.91 Å². The van der Waals surface area contributed by atoms with E-state index >= 15 is 0 Å². The summed E-state index contributed by atoms with van der Waals surface area (Å²) in [5, 5.41) is 8.92. The number of para-hydroxylation sites is 1. The van der Waals surface area contributed by atoms with Gasteiger partial charge in [-0.05, 0) is 30.5 Å². The van der Waals surface area contributed by atoms with E-state index in [9.17, 15) is 9.59 Å². The molecule has 1 aliphatic rings. The van der Waals surface area contributed by atoms with E-state index in [1.54, 1.807) is 4.90 Å². The number of aromatic carboxylic acids is 1. The minimum absolute atomic E-state index is 0.0354. The Hall–Kier alpha value is -2.56. The third-order valence-electron chi connectivity index (χ3n) is 3.63. The van der Waals surface area contributed by atoms with Gasteiger partial charge in [0.15, 0.2) is 0 Å². The van der Waals surface area contributed by atoms with Crippen LogP contribution >= 0.6 is 0 Å². The van der Waals surface area contributed by atoms with Crippen molar-refractivity contribution in [2.24, 2.45) is 0 Å². The molecule has 3 rings (SSSR count). The Morgan fingerprint density at radius 1 is 1.29 bits per heavy atom. The van der Waals surface area contributed by atoms with Crippen molar-refractivity contribution in [3.05, 3.63) is 53.5 Å². The molecular weight excluding hydrogens is 270 g/mol. The van der Waals surface area contributed by atoms with E-state index in [1.165, 1.54) is 12.3 Å². The first-order chi connectivity index (χ1) is 10.1. The molecule has 1 aliphatic heterocycles. The van der Waals surface area contributed by atoms with Crippen molar-refractivity contribution >= 4 is 17.6 Å². The maximum absolute atomic E-state index is 12.3. The van der Waals surface area contributed by atoms with Crippen molar-refractivity contribution in [2.75, 3.05) is 4.90 Å². The number of carbonyl (C=O) groups excluding carboxylic acids is 1. The van der Waals surface area contributed by atoms with Crippen molar-refractivity contribution < 1.29 is 19.1 Å². The Morgan fingerprint density at radius 2 is 2.10 bits per heavy atom. The first-order valence-electron chi connectivity index (χ1n) is 6.84. The molecule has 2 aromatic rings. The van der Waals surface area contributed by atoms with E-state index < -0.39 is 5.97 Å². The van der Waals surface area contributed by atoms with E-state index in [2.05, 4.69) is 0 Å². The number of fused-ring (bicyclic) bond motifs is 1. The molecule has 1 N–H and O–H groups in total. The first-order valence-corrected chi connectivity index (χ1v) is 6.84. The number of rotatable bonds is 3. The summed E-state index contributed by atoms with van der Waals surface area (Å²) >= 11 is 0. The molecule has 5 nitrogen and oxygen atoms in total. The van der Waals surface area contributed by atoms with E-state index in [4.69, 9.17) is 9.52 Å². The average molecular weight is 285 g/mol. The molecule has 5 heteroatoms. The summed E-state index contributed by atoms with van der Waals surface area (Å²) in [6, 6.07) is 9.26. The number of furan rings is 1. The van der Waals surface area contributed by atoms with Gasteiger partial charge in [-0.1, -0.05) is 18.2 Å². The van der Waals surface area contributed by atoms with Crippen LogP contribution in [0.25, 0.3) is 0 Å². The van der Waals surface area contributed by atoms with Crippen molar-refractivity contribution in [1.29, 1.82) is 0 Å². The Morgan fingerprint density at radius 3 is 2.86 bits per heavy atom. The number of carboxylic acid groups (broad SMARTS) is 1. The molecular formula is C16H15NO4. The molecule has 0 unspecified atom stereocenters.